The first-order valence-electron chi connectivity index (χ1n) is 8.27. The molecular weight excluding hydrogens is 344 g/mol. The van der Waals surface area contributed by atoms with Gasteiger partial charge in [-0.3, -0.25) is 9.69 Å². The minimum Gasteiger partial charge on any atom is -0.476 e. The monoisotopic (exact) mass is 363 g/mol. The Bertz CT molecular complexity index is 750. The summed E-state index contributed by atoms with van der Waals surface area (Å²) in [6, 6.07) is 6.24. The van der Waals surface area contributed by atoms with Crippen LogP contribution in [0.3, 0.4) is 0 Å². The summed E-state index contributed by atoms with van der Waals surface area (Å²) in [5.41, 5.74) is 0.454. The summed E-state index contributed by atoms with van der Waals surface area (Å²) in [4.78, 5) is 18.4. The molecule has 2 aromatic rings. The number of amides is 1. The van der Waals surface area contributed by atoms with Crippen molar-refractivity contribution in [3.63, 3.8) is 0 Å². The highest BCUT2D eigenvalue weighted by Crippen LogP contribution is 2.14. The highest BCUT2D eigenvalue weighted by Gasteiger charge is 2.11. The number of nitrogens with one attached hydrogen (secondary N) is 1. The van der Waals surface area contributed by atoms with Gasteiger partial charge in [0.15, 0.2) is 11.6 Å². The van der Waals surface area contributed by atoms with Crippen molar-refractivity contribution in [1.29, 1.82) is 0 Å². The van der Waals surface area contributed by atoms with E-state index >= 15 is 0 Å². The van der Waals surface area contributed by atoms with Crippen LogP contribution in [0.1, 0.15) is 10.4 Å². The molecule has 3 rings (SSSR count). The molecule has 1 aromatic heterocycles. The fraction of sp³-hybridized carbons (Fsp3) is 0.333. The fourth-order valence-electron chi connectivity index (χ4n) is 2.48. The van der Waals surface area contributed by atoms with Gasteiger partial charge >= 0.3 is 0 Å². The molecule has 8 heteroatoms. The van der Waals surface area contributed by atoms with Gasteiger partial charge in [-0.1, -0.05) is 0 Å². The Morgan fingerprint density at radius 3 is 2.69 bits per heavy atom. The van der Waals surface area contributed by atoms with E-state index in [1.807, 2.05) is 0 Å². The van der Waals surface area contributed by atoms with Crippen LogP contribution in [0.15, 0.2) is 36.5 Å². The van der Waals surface area contributed by atoms with Gasteiger partial charge in [0.25, 0.3) is 5.91 Å². The van der Waals surface area contributed by atoms with Crippen molar-refractivity contribution in [2.45, 2.75) is 0 Å². The molecule has 26 heavy (non-hydrogen) atoms. The number of rotatable bonds is 6. The van der Waals surface area contributed by atoms with Crippen LogP contribution in [0.4, 0.5) is 14.5 Å². The normalized spacial score (nSPS) is 14.8. The minimum atomic E-state index is -1.07. The van der Waals surface area contributed by atoms with E-state index in [0.717, 1.165) is 45.0 Å². The number of aromatic nitrogens is 1. The third-order valence-electron chi connectivity index (χ3n) is 3.94. The van der Waals surface area contributed by atoms with Crippen molar-refractivity contribution in [2.24, 2.45) is 0 Å². The molecule has 6 nitrogen and oxygen atoms in total. The number of hydrogen-bond acceptors (Lipinski definition) is 5. The molecule has 0 spiro atoms. The van der Waals surface area contributed by atoms with Crippen LogP contribution >= 0.6 is 0 Å². The van der Waals surface area contributed by atoms with Crippen LogP contribution in [0.25, 0.3) is 0 Å². The number of carbonyl (C=O) groups excluding carboxylic acids is 1. The second-order valence-electron chi connectivity index (χ2n) is 5.77. The number of benzene rings is 1. The van der Waals surface area contributed by atoms with E-state index in [1.165, 1.54) is 12.3 Å². The first-order chi connectivity index (χ1) is 12.6. The van der Waals surface area contributed by atoms with Crippen molar-refractivity contribution in [1.82, 2.24) is 9.88 Å². The average molecular weight is 363 g/mol. The van der Waals surface area contributed by atoms with E-state index in [4.69, 9.17) is 9.47 Å². The molecule has 1 aromatic carbocycles. The summed E-state index contributed by atoms with van der Waals surface area (Å²) >= 11 is 0. The van der Waals surface area contributed by atoms with E-state index in [1.54, 1.807) is 12.1 Å². The molecule has 1 N–H and O–H groups in total. The number of halogens is 2. The molecule has 0 unspecified atom stereocenters. The van der Waals surface area contributed by atoms with Crippen molar-refractivity contribution in [3.8, 4) is 5.88 Å². The molecule has 0 saturated carbocycles. The second-order valence-corrected chi connectivity index (χ2v) is 5.77. The smallest absolute Gasteiger partial charge is 0.255 e. The third-order valence-corrected chi connectivity index (χ3v) is 3.94. The molecule has 2 heterocycles. The maximum Gasteiger partial charge on any atom is 0.255 e. The maximum atomic E-state index is 13.2. The van der Waals surface area contributed by atoms with Crippen molar-refractivity contribution >= 4 is 11.6 Å². The summed E-state index contributed by atoms with van der Waals surface area (Å²) in [5.74, 6) is -2.17. The molecule has 1 aliphatic heterocycles. The Balaban J connectivity index is 1.49. The summed E-state index contributed by atoms with van der Waals surface area (Å²) < 4.78 is 37.0. The summed E-state index contributed by atoms with van der Waals surface area (Å²) in [7, 11) is 0. The zero-order valence-corrected chi connectivity index (χ0v) is 14.1. The standard InChI is InChI=1S/C18H19F2N3O3/c19-15-3-1-13(11-16(15)20)18(24)22-14-2-4-17(21-12-14)26-10-7-23-5-8-25-9-6-23/h1-4,11-12H,5-10H2,(H,22,24). The lowest BCUT2D eigenvalue weighted by atomic mass is 10.2. The SMILES string of the molecule is O=C(Nc1ccc(OCCN2CCOCC2)nc1)c1ccc(F)c(F)c1. The van der Waals surface area contributed by atoms with E-state index in [2.05, 4.69) is 15.2 Å². The molecule has 0 aliphatic carbocycles. The molecular formula is C18H19F2N3O3. The third kappa shape index (κ3) is 4.96. The van der Waals surface area contributed by atoms with E-state index < -0.39 is 17.5 Å². The summed E-state index contributed by atoms with van der Waals surface area (Å²) in [6.45, 7) is 4.57. The Kier molecular flexibility index (Phi) is 6.08. The van der Waals surface area contributed by atoms with Gasteiger partial charge in [-0.25, -0.2) is 13.8 Å². The molecule has 138 valence electrons. The predicted molar refractivity (Wildman–Crippen MR) is 91.3 cm³/mol. The highest BCUT2D eigenvalue weighted by molar-refractivity contribution is 6.04. The first-order valence-corrected chi connectivity index (χ1v) is 8.27. The predicted octanol–water partition coefficient (Wildman–Crippen LogP) is 2.32. The number of anilines is 1. The van der Waals surface area contributed by atoms with Gasteiger partial charge in [0, 0.05) is 31.3 Å². The number of pyridine rings is 1. The van der Waals surface area contributed by atoms with Gasteiger partial charge < -0.3 is 14.8 Å². The van der Waals surface area contributed by atoms with Crippen LogP contribution in [0.5, 0.6) is 5.88 Å². The lowest BCUT2D eigenvalue weighted by Crippen LogP contribution is -2.38. The topological polar surface area (TPSA) is 63.7 Å². The number of nitrogens with zero attached hydrogens (tertiary/aromatic N) is 2. The Hall–Kier alpha value is -2.58. The van der Waals surface area contributed by atoms with E-state index in [0.29, 0.717) is 18.2 Å². The average Bonchev–Trinajstić information content (AvgIpc) is 2.66. The maximum absolute atomic E-state index is 13.2. The zero-order chi connectivity index (χ0) is 18.4. The molecule has 1 saturated heterocycles. The number of hydrogen-bond donors (Lipinski definition) is 1. The van der Waals surface area contributed by atoms with E-state index in [9.17, 15) is 13.6 Å². The fourth-order valence-corrected chi connectivity index (χ4v) is 2.48. The molecule has 0 radical (unpaired) electrons. The molecule has 0 atom stereocenters. The molecule has 1 amide bonds. The van der Waals surface area contributed by atoms with Crippen molar-refractivity contribution in [3.05, 3.63) is 53.7 Å². The van der Waals surface area contributed by atoms with Crippen LogP contribution in [0, 0.1) is 11.6 Å². The minimum absolute atomic E-state index is 0.0229. The van der Waals surface area contributed by atoms with Crippen LogP contribution in [-0.2, 0) is 4.74 Å². The molecule has 0 bridgehead atoms. The highest BCUT2D eigenvalue weighted by atomic mass is 19.2. The lowest BCUT2D eigenvalue weighted by Gasteiger charge is -2.26. The quantitative estimate of drug-likeness (QED) is 0.853. The lowest BCUT2D eigenvalue weighted by molar-refractivity contribution is 0.0320. The van der Waals surface area contributed by atoms with Crippen LogP contribution in [-0.4, -0.2) is 55.2 Å². The van der Waals surface area contributed by atoms with Gasteiger partial charge in [0.05, 0.1) is 25.1 Å². The summed E-state index contributed by atoms with van der Waals surface area (Å²) in [5, 5.41) is 2.57. The first kappa shape index (κ1) is 18.2. The van der Waals surface area contributed by atoms with Gasteiger partial charge in [-0.15, -0.1) is 0 Å². The Labute approximate surface area is 149 Å². The number of carbonyl (C=O) groups is 1. The van der Waals surface area contributed by atoms with Gasteiger partial charge in [-0.2, -0.15) is 0 Å². The van der Waals surface area contributed by atoms with Gasteiger partial charge in [0.1, 0.15) is 6.61 Å². The van der Waals surface area contributed by atoms with Gasteiger partial charge in [-0.05, 0) is 24.3 Å². The summed E-state index contributed by atoms with van der Waals surface area (Å²) in [6.07, 6.45) is 1.45. The van der Waals surface area contributed by atoms with E-state index in [-0.39, 0.29) is 5.56 Å². The van der Waals surface area contributed by atoms with Gasteiger partial charge in [0.2, 0.25) is 5.88 Å². The zero-order valence-electron chi connectivity index (χ0n) is 14.1. The number of morpholine rings is 1. The Morgan fingerprint density at radius 1 is 1.19 bits per heavy atom. The van der Waals surface area contributed by atoms with Crippen molar-refractivity contribution in [2.75, 3.05) is 44.8 Å². The van der Waals surface area contributed by atoms with Crippen LogP contribution < -0.4 is 10.1 Å². The largest absolute Gasteiger partial charge is 0.476 e. The second kappa shape index (κ2) is 8.68. The Morgan fingerprint density at radius 2 is 2.00 bits per heavy atom. The molecule has 1 fully saturated rings. The molecule has 1 aliphatic rings. The van der Waals surface area contributed by atoms with Crippen LogP contribution in [0.2, 0.25) is 0 Å². The number of ether oxygens (including phenoxy) is 2. The van der Waals surface area contributed by atoms with Crippen molar-refractivity contribution < 1.29 is 23.0 Å².